The summed E-state index contributed by atoms with van der Waals surface area (Å²) in [4.78, 5) is 0. The molecule has 2 atom stereocenters. The highest BCUT2D eigenvalue weighted by molar-refractivity contribution is 7.84. The van der Waals surface area contributed by atoms with Crippen molar-refractivity contribution < 1.29 is 13.7 Å². The Morgan fingerprint density at radius 3 is 2.48 bits per heavy atom. The standard InChI is InChI=1S/C14H21Cl2NO3S/c1-9(17-21(18)14(2,3)4)12-11(20-8-19-5)7-6-10(15)13(12)16/h6-7,9,17H,8H2,1-5H3/t9-,21?/m0/s1. The summed E-state index contributed by atoms with van der Waals surface area (Å²) in [6, 6.07) is 3.09. The van der Waals surface area contributed by atoms with Crippen molar-refractivity contribution in [2.24, 2.45) is 0 Å². The van der Waals surface area contributed by atoms with Gasteiger partial charge in [0.2, 0.25) is 0 Å². The summed E-state index contributed by atoms with van der Waals surface area (Å²) in [7, 11) is 0.300. The highest BCUT2D eigenvalue weighted by atomic mass is 35.5. The molecule has 0 bridgehead atoms. The lowest BCUT2D eigenvalue weighted by molar-refractivity contribution is 0.0502. The van der Waals surface area contributed by atoms with Gasteiger partial charge in [0, 0.05) is 18.7 Å². The lowest BCUT2D eigenvalue weighted by Crippen LogP contribution is -2.35. The topological polar surface area (TPSA) is 47.6 Å². The van der Waals surface area contributed by atoms with E-state index in [1.165, 1.54) is 7.11 Å². The van der Waals surface area contributed by atoms with Crippen molar-refractivity contribution in [3.63, 3.8) is 0 Å². The predicted molar refractivity (Wildman–Crippen MR) is 88.4 cm³/mol. The van der Waals surface area contributed by atoms with E-state index in [0.717, 1.165) is 0 Å². The Morgan fingerprint density at radius 2 is 1.95 bits per heavy atom. The molecule has 1 aromatic carbocycles. The SMILES string of the molecule is COCOc1ccc(Cl)c(Cl)c1[C@H](C)NS(=O)C(C)(C)C. The van der Waals surface area contributed by atoms with Crippen LogP contribution in [-0.4, -0.2) is 22.9 Å². The summed E-state index contributed by atoms with van der Waals surface area (Å²) >= 11 is 12.3. The average Bonchev–Trinajstić information content (AvgIpc) is 2.38. The monoisotopic (exact) mass is 353 g/mol. The second-order valence-electron chi connectivity index (χ2n) is 5.54. The van der Waals surface area contributed by atoms with E-state index in [1.807, 2.05) is 27.7 Å². The van der Waals surface area contributed by atoms with Gasteiger partial charge in [0.1, 0.15) is 5.75 Å². The molecule has 0 aromatic heterocycles. The average molecular weight is 354 g/mol. The molecule has 21 heavy (non-hydrogen) atoms. The summed E-state index contributed by atoms with van der Waals surface area (Å²) in [5, 5.41) is 0.808. The molecule has 0 radical (unpaired) electrons. The number of hydrogen-bond acceptors (Lipinski definition) is 3. The van der Waals surface area contributed by atoms with Gasteiger partial charge in [-0.1, -0.05) is 23.2 Å². The van der Waals surface area contributed by atoms with Crippen LogP contribution in [0.15, 0.2) is 12.1 Å². The normalized spacial score (nSPS) is 14.8. The summed E-state index contributed by atoms with van der Waals surface area (Å²) in [5.74, 6) is 0.553. The molecule has 4 nitrogen and oxygen atoms in total. The van der Waals surface area contributed by atoms with Crippen LogP contribution in [0.3, 0.4) is 0 Å². The van der Waals surface area contributed by atoms with Gasteiger partial charge in [-0.05, 0) is 39.8 Å². The van der Waals surface area contributed by atoms with Crippen molar-refractivity contribution in [3.8, 4) is 5.75 Å². The van der Waals surface area contributed by atoms with E-state index in [0.29, 0.717) is 21.4 Å². The maximum Gasteiger partial charge on any atom is 0.188 e. The molecular formula is C14H21Cl2NO3S. The summed E-state index contributed by atoms with van der Waals surface area (Å²) < 4.78 is 25.3. The third-order valence-corrected chi connectivity index (χ3v) is 5.20. The zero-order chi connectivity index (χ0) is 16.2. The molecule has 0 heterocycles. The Balaban J connectivity index is 3.08. The molecule has 0 fully saturated rings. The number of benzene rings is 1. The summed E-state index contributed by atoms with van der Waals surface area (Å²) in [5.41, 5.74) is 0.666. The molecular weight excluding hydrogens is 333 g/mol. The molecule has 1 unspecified atom stereocenters. The van der Waals surface area contributed by atoms with Crippen LogP contribution < -0.4 is 9.46 Å². The molecule has 7 heteroatoms. The molecule has 0 aliphatic carbocycles. The Kier molecular flexibility index (Phi) is 6.94. The first-order valence-corrected chi connectivity index (χ1v) is 8.36. The van der Waals surface area contributed by atoms with Gasteiger partial charge in [-0.3, -0.25) is 0 Å². The predicted octanol–water partition coefficient (Wildman–Crippen LogP) is 4.09. The summed E-state index contributed by atoms with van der Waals surface area (Å²) in [6.45, 7) is 7.64. The van der Waals surface area contributed by atoms with Crippen LogP contribution in [0.2, 0.25) is 10.0 Å². The van der Waals surface area contributed by atoms with Crippen LogP contribution in [0, 0.1) is 0 Å². The van der Waals surface area contributed by atoms with E-state index in [-0.39, 0.29) is 17.6 Å². The van der Waals surface area contributed by atoms with Crippen molar-refractivity contribution in [1.29, 1.82) is 0 Å². The van der Waals surface area contributed by atoms with Crippen molar-refractivity contribution in [3.05, 3.63) is 27.7 Å². The zero-order valence-corrected chi connectivity index (χ0v) is 15.2. The molecule has 1 aromatic rings. The molecule has 1 N–H and O–H groups in total. The van der Waals surface area contributed by atoms with E-state index >= 15 is 0 Å². The molecule has 120 valence electrons. The Bertz CT molecular complexity index is 518. The lowest BCUT2D eigenvalue weighted by atomic mass is 10.1. The van der Waals surface area contributed by atoms with E-state index in [9.17, 15) is 4.21 Å². The van der Waals surface area contributed by atoms with Gasteiger partial charge in [-0.25, -0.2) is 8.93 Å². The van der Waals surface area contributed by atoms with E-state index in [2.05, 4.69) is 4.72 Å². The van der Waals surface area contributed by atoms with Crippen LogP contribution in [0.25, 0.3) is 0 Å². The Morgan fingerprint density at radius 1 is 1.33 bits per heavy atom. The molecule has 0 aliphatic rings. The molecule has 0 saturated heterocycles. The van der Waals surface area contributed by atoms with Crippen molar-refractivity contribution >= 4 is 34.2 Å². The second-order valence-corrected chi connectivity index (χ2v) is 8.33. The number of halogens is 2. The van der Waals surface area contributed by atoms with Gasteiger partial charge >= 0.3 is 0 Å². The van der Waals surface area contributed by atoms with Crippen LogP contribution in [0.5, 0.6) is 5.75 Å². The first-order chi connectivity index (χ1) is 9.68. The zero-order valence-electron chi connectivity index (χ0n) is 12.8. The fourth-order valence-corrected chi connectivity index (χ4v) is 2.87. The molecule has 1 rings (SSSR count). The quantitative estimate of drug-likeness (QED) is 0.783. The number of rotatable bonds is 6. The van der Waals surface area contributed by atoms with E-state index < -0.39 is 11.0 Å². The minimum absolute atomic E-state index is 0.0973. The first-order valence-electron chi connectivity index (χ1n) is 6.46. The molecule has 0 amide bonds. The van der Waals surface area contributed by atoms with Gasteiger partial charge < -0.3 is 9.47 Å². The smallest absolute Gasteiger partial charge is 0.188 e. The maximum atomic E-state index is 12.2. The third-order valence-electron chi connectivity index (χ3n) is 2.70. The fourth-order valence-electron chi connectivity index (χ4n) is 1.60. The second kappa shape index (κ2) is 7.79. The highest BCUT2D eigenvalue weighted by Crippen LogP contribution is 2.37. The Hall–Kier alpha value is -0.330. The van der Waals surface area contributed by atoms with Crippen molar-refractivity contribution in [2.45, 2.75) is 38.5 Å². The van der Waals surface area contributed by atoms with E-state index in [4.69, 9.17) is 32.7 Å². The van der Waals surface area contributed by atoms with Gasteiger partial charge in [0.15, 0.2) is 6.79 Å². The van der Waals surface area contributed by atoms with Gasteiger partial charge in [0.05, 0.1) is 25.8 Å². The lowest BCUT2D eigenvalue weighted by Gasteiger charge is -2.24. The maximum absolute atomic E-state index is 12.2. The van der Waals surface area contributed by atoms with Crippen LogP contribution >= 0.6 is 23.2 Å². The van der Waals surface area contributed by atoms with Gasteiger partial charge in [0.25, 0.3) is 0 Å². The molecule has 0 saturated carbocycles. The Labute approximate surface area is 138 Å². The van der Waals surface area contributed by atoms with Gasteiger partial charge in [-0.2, -0.15) is 0 Å². The van der Waals surface area contributed by atoms with Crippen LogP contribution in [0.4, 0.5) is 0 Å². The summed E-state index contributed by atoms with van der Waals surface area (Å²) in [6.07, 6.45) is 0. The van der Waals surface area contributed by atoms with Gasteiger partial charge in [-0.15, -0.1) is 0 Å². The number of hydrogen-bond donors (Lipinski definition) is 1. The largest absolute Gasteiger partial charge is 0.467 e. The fraction of sp³-hybridized carbons (Fsp3) is 0.571. The number of ether oxygens (including phenoxy) is 2. The third kappa shape index (κ3) is 5.11. The van der Waals surface area contributed by atoms with Crippen LogP contribution in [-0.2, 0) is 15.7 Å². The number of nitrogens with one attached hydrogen (secondary N) is 1. The number of methoxy groups -OCH3 is 1. The minimum Gasteiger partial charge on any atom is -0.467 e. The first kappa shape index (κ1) is 18.7. The van der Waals surface area contributed by atoms with Crippen LogP contribution in [0.1, 0.15) is 39.3 Å². The van der Waals surface area contributed by atoms with Crippen molar-refractivity contribution in [2.75, 3.05) is 13.9 Å². The van der Waals surface area contributed by atoms with E-state index in [1.54, 1.807) is 12.1 Å². The minimum atomic E-state index is -1.24. The highest BCUT2D eigenvalue weighted by Gasteiger charge is 2.25. The van der Waals surface area contributed by atoms with Crippen molar-refractivity contribution in [1.82, 2.24) is 4.72 Å². The molecule has 0 spiro atoms. The molecule has 0 aliphatic heterocycles.